The molecule has 1 aliphatic rings. The molecule has 0 bridgehead atoms. The molecule has 5 heteroatoms. The largest absolute Gasteiger partial charge is 0.364 e. The molecule has 0 aliphatic heterocycles. The van der Waals surface area contributed by atoms with Crippen molar-refractivity contribution in [2.24, 2.45) is 11.7 Å². The molecule has 1 aliphatic carbocycles. The van der Waals surface area contributed by atoms with Gasteiger partial charge in [-0.2, -0.15) is 0 Å². The van der Waals surface area contributed by atoms with Crippen LogP contribution in [0.3, 0.4) is 0 Å². The lowest BCUT2D eigenvalue weighted by Crippen LogP contribution is -2.30. The van der Waals surface area contributed by atoms with Crippen LogP contribution in [0, 0.1) is 5.92 Å². The Balaban J connectivity index is 1.77. The fourth-order valence-corrected chi connectivity index (χ4v) is 3.26. The standard InChI is InChI=1S/C21H20N2O2S/c1-14-4-8-16(9-5-14)17-10-6-15(7-11-17)13-18(20(22)24)23-21(25)19-3-2-12-26-19/h2-4,6-14H,5H2,1H3,(H2,22,24)(H,23,25)/b18-13+. The second-order valence-corrected chi connectivity index (χ2v) is 7.15. The zero-order valence-corrected chi connectivity index (χ0v) is 15.3. The Kier molecular flexibility index (Phi) is 5.49. The van der Waals surface area contributed by atoms with Crippen LogP contribution in [0.2, 0.25) is 0 Å². The smallest absolute Gasteiger partial charge is 0.265 e. The van der Waals surface area contributed by atoms with Gasteiger partial charge in [0, 0.05) is 0 Å². The van der Waals surface area contributed by atoms with Gasteiger partial charge in [-0.1, -0.05) is 55.5 Å². The van der Waals surface area contributed by atoms with Gasteiger partial charge in [-0.3, -0.25) is 9.59 Å². The van der Waals surface area contributed by atoms with Crippen molar-refractivity contribution in [1.29, 1.82) is 0 Å². The first-order valence-electron chi connectivity index (χ1n) is 8.38. The number of benzene rings is 1. The predicted octanol–water partition coefficient (Wildman–Crippen LogP) is 3.98. The van der Waals surface area contributed by atoms with Crippen molar-refractivity contribution in [2.75, 3.05) is 0 Å². The molecule has 0 radical (unpaired) electrons. The molecular weight excluding hydrogens is 344 g/mol. The first-order valence-corrected chi connectivity index (χ1v) is 9.26. The Bertz CT molecular complexity index is 891. The number of amides is 2. The fraction of sp³-hybridized carbons (Fsp3) is 0.143. The number of allylic oxidation sites excluding steroid dienone is 4. The van der Waals surface area contributed by atoms with Gasteiger partial charge in [0.2, 0.25) is 0 Å². The third-order valence-electron chi connectivity index (χ3n) is 4.13. The van der Waals surface area contributed by atoms with Gasteiger partial charge in [-0.05, 0) is 46.6 Å². The Morgan fingerprint density at radius 3 is 2.58 bits per heavy atom. The van der Waals surface area contributed by atoms with E-state index in [2.05, 4.69) is 30.5 Å². The fourth-order valence-electron chi connectivity index (χ4n) is 2.64. The van der Waals surface area contributed by atoms with Gasteiger partial charge in [0.25, 0.3) is 11.8 Å². The number of hydrogen-bond acceptors (Lipinski definition) is 3. The quantitative estimate of drug-likeness (QED) is 0.788. The molecule has 4 nitrogen and oxygen atoms in total. The Labute approximate surface area is 156 Å². The van der Waals surface area contributed by atoms with Crippen LogP contribution in [0.25, 0.3) is 11.6 Å². The van der Waals surface area contributed by atoms with Crippen LogP contribution in [-0.2, 0) is 4.79 Å². The minimum atomic E-state index is -0.675. The first-order chi connectivity index (χ1) is 12.5. The van der Waals surface area contributed by atoms with E-state index < -0.39 is 5.91 Å². The molecule has 1 aromatic carbocycles. The molecule has 1 heterocycles. The summed E-state index contributed by atoms with van der Waals surface area (Å²) in [6, 6.07) is 11.3. The lowest BCUT2D eigenvalue weighted by molar-refractivity contribution is -0.114. The van der Waals surface area contributed by atoms with E-state index in [0.29, 0.717) is 10.8 Å². The van der Waals surface area contributed by atoms with Crippen LogP contribution in [0.15, 0.2) is 65.7 Å². The van der Waals surface area contributed by atoms with Crippen molar-refractivity contribution in [3.63, 3.8) is 0 Å². The number of rotatable bonds is 5. The lowest BCUT2D eigenvalue weighted by atomic mass is 9.94. The second-order valence-electron chi connectivity index (χ2n) is 6.21. The second kappa shape index (κ2) is 7.97. The molecule has 0 saturated heterocycles. The highest BCUT2D eigenvalue weighted by Gasteiger charge is 2.13. The van der Waals surface area contributed by atoms with Crippen LogP contribution in [0.4, 0.5) is 0 Å². The van der Waals surface area contributed by atoms with Gasteiger partial charge >= 0.3 is 0 Å². The molecule has 3 rings (SSSR count). The molecular formula is C21H20N2O2S. The minimum Gasteiger partial charge on any atom is -0.364 e. The van der Waals surface area contributed by atoms with Crippen LogP contribution in [0.1, 0.15) is 34.1 Å². The summed E-state index contributed by atoms with van der Waals surface area (Å²) in [7, 11) is 0. The minimum absolute atomic E-state index is 0.0711. The maximum atomic E-state index is 12.1. The summed E-state index contributed by atoms with van der Waals surface area (Å²) < 4.78 is 0. The lowest BCUT2D eigenvalue weighted by Gasteiger charge is -2.12. The highest BCUT2D eigenvalue weighted by molar-refractivity contribution is 7.12. The average Bonchev–Trinajstić information content (AvgIpc) is 3.17. The summed E-state index contributed by atoms with van der Waals surface area (Å²) in [6.45, 7) is 2.19. The predicted molar refractivity (Wildman–Crippen MR) is 106 cm³/mol. The monoisotopic (exact) mass is 364 g/mol. The number of thiophene rings is 1. The summed E-state index contributed by atoms with van der Waals surface area (Å²) in [5.41, 5.74) is 8.59. The molecule has 0 spiro atoms. The maximum Gasteiger partial charge on any atom is 0.265 e. The molecule has 1 aromatic heterocycles. The molecule has 1 unspecified atom stereocenters. The highest BCUT2D eigenvalue weighted by Crippen LogP contribution is 2.24. The van der Waals surface area contributed by atoms with Crippen molar-refractivity contribution < 1.29 is 9.59 Å². The van der Waals surface area contributed by atoms with E-state index in [-0.39, 0.29) is 11.6 Å². The SMILES string of the molecule is CC1C=CC(c2ccc(/C=C(/NC(=O)c3cccs3)C(N)=O)cc2)=CC1. The van der Waals surface area contributed by atoms with Crippen molar-refractivity contribution in [2.45, 2.75) is 13.3 Å². The van der Waals surface area contributed by atoms with Crippen LogP contribution in [-0.4, -0.2) is 11.8 Å². The van der Waals surface area contributed by atoms with Gasteiger partial charge < -0.3 is 11.1 Å². The van der Waals surface area contributed by atoms with Gasteiger partial charge in [-0.25, -0.2) is 0 Å². The van der Waals surface area contributed by atoms with Gasteiger partial charge in [0.15, 0.2) is 0 Å². The Morgan fingerprint density at radius 2 is 2.00 bits per heavy atom. The van der Waals surface area contributed by atoms with E-state index in [0.717, 1.165) is 17.5 Å². The highest BCUT2D eigenvalue weighted by atomic mass is 32.1. The molecule has 3 N–H and O–H groups in total. The van der Waals surface area contributed by atoms with Crippen molar-refractivity contribution in [1.82, 2.24) is 5.32 Å². The zero-order chi connectivity index (χ0) is 18.5. The molecule has 26 heavy (non-hydrogen) atoms. The molecule has 2 aromatic rings. The van der Waals surface area contributed by atoms with Crippen LogP contribution >= 0.6 is 11.3 Å². The topological polar surface area (TPSA) is 72.2 Å². The normalized spacial score (nSPS) is 16.9. The summed E-state index contributed by atoms with van der Waals surface area (Å²) in [5.74, 6) is -0.440. The van der Waals surface area contributed by atoms with Crippen LogP contribution < -0.4 is 11.1 Å². The van der Waals surface area contributed by atoms with E-state index in [1.807, 2.05) is 24.3 Å². The van der Waals surface area contributed by atoms with E-state index >= 15 is 0 Å². The number of primary amides is 1. The summed E-state index contributed by atoms with van der Waals surface area (Å²) >= 11 is 1.30. The van der Waals surface area contributed by atoms with Gasteiger partial charge in [0.05, 0.1) is 4.88 Å². The van der Waals surface area contributed by atoms with E-state index in [9.17, 15) is 9.59 Å². The summed E-state index contributed by atoms with van der Waals surface area (Å²) in [4.78, 5) is 24.3. The van der Waals surface area contributed by atoms with Gasteiger partial charge in [0.1, 0.15) is 5.70 Å². The van der Waals surface area contributed by atoms with E-state index in [4.69, 9.17) is 5.73 Å². The number of carbonyl (C=O) groups excluding carboxylic acids is 2. The van der Waals surface area contributed by atoms with Crippen molar-refractivity contribution in [3.8, 4) is 0 Å². The number of hydrogen-bond donors (Lipinski definition) is 2. The molecule has 0 saturated carbocycles. The molecule has 0 fully saturated rings. The summed E-state index contributed by atoms with van der Waals surface area (Å²) in [6.07, 6.45) is 9.19. The summed E-state index contributed by atoms with van der Waals surface area (Å²) in [5, 5.41) is 4.39. The Morgan fingerprint density at radius 1 is 1.23 bits per heavy atom. The van der Waals surface area contributed by atoms with E-state index in [1.165, 1.54) is 16.9 Å². The number of nitrogens with one attached hydrogen (secondary N) is 1. The first kappa shape index (κ1) is 17.9. The maximum absolute atomic E-state index is 12.1. The van der Waals surface area contributed by atoms with Crippen molar-refractivity contribution >= 4 is 34.8 Å². The van der Waals surface area contributed by atoms with Crippen molar-refractivity contribution in [3.05, 3.63) is 81.7 Å². The third-order valence-corrected chi connectivity index (χ3v) is 5.00. The molecule has 132 valence electrons. The van der Waals surface area contributed by atoms with Crippen LogP contribution in [0.5, 0.6) is 0 Å². The number of nitrogens with two attached hydrogens (primary N) is 1. The molecule has 2 amide bonds. The Hall–Kier alpha value is -2.92. The van der Waals surface area contributed by atoms with E-state index in [1.54, 1.807) is 23.6 Å². The third kappa shape index (κ3) is 4.37. The number of carbonyl (C=O) groups is 2. The zero-order valence-electron chi connectivity index (χ0n) is 14.4. The molecule has 1 atom stereocenters. The average molecular weight is 364 g/mol. The van der Waals surface area contributed by atoms with Gasteiger partial charge in [-0.15, -0.1) is 11.3 Å².